The summed E-state index contributed by atoms with van der Waals surface area (Å²) in [6.07, 6.45) is 1.46. The molecule has 0 aliphatic carbocycles. The van der Waals surface area contributed by atoms with Crippen LogP contribution in [-0.4, -0.2) is 43.8 Å². The Kier molecular flexibility index (Phi) is 5.78. The van der Waals surface area contributed by atoms with Gasteiger partial charge in [-0.2, -0.15) is 0 Å². The number of rotatable bonds is 6. The molecule has 0 saturated heterocycles. The Balaban J connectivity index is 1.82. The lowest BCUT2D eigenvalue weighted by molar-refractivity contribution is -0.124. The molecule has 10 heteroatoms. The predicted molar refractivity (Wildman–Crippen MR) is 104 cm³/mol. The minimum absolute atomic E-state index is 0.00904. The highest BCUT2D eigenvalue weighted by atomic mass is 32.2. The van der Waals surface area contributed by atoms with Crippen molar-refractivity contribution < 1.29 is 17.9 Å². The van der Waals surface area contributed by atoms with Gasteiger partial charge in [-0.05, 0) is 57.4 Å². The molecule has 0 spiro atoms. The highest BCUT2D eigenvalue weighted by Crippen LogP contribution is 2.30. The van der Waals surface area contributed by atoms with Gasteiger partial charge in [-0.15, -0.1) is 10.2 Å². The number of nitrogens with one attached hydrogen (secondary N) is 1. The maximum Gasteiger partial charge on any atom is 0.263 e. The lowest BCUT2D eigenvalue weighted by Crippen LogP contribution is -2.38. The number of benzene rings is 1. The smallest absolute Gasteiger partial charge is 0.263 e. The molecular weight excluding hydrogens is 388 g/mol. The van der Waals surface area contributed by atoms with Crippen LogP contribution in [0, 0.1) is 6.92 Å². The van der Waals surface area contributed by atoms with Crippen molar-refractivity contribution in [3.05, 3.63) is 28.8 Å². The first-order valence-corrected chi connectivity index (χ1v) is 10.9. The summed E-state index contributed by atoms with van der Waals surface area (Å²) < 4.78 is 33.1. The van der Waals surface area contributed by atoms with Crippen molar-refractivity contribution >= 4 is 38.1 Å². The molecule has 146 valence electrons. The number of anilines is 2. The number of ether oxygens (including phenoxy) is 1. The average molecular weight is 411 g/mol. The van der Waals surface area contributed by atoms with E-state index in [4.69, 9.17) is 4.74 Å². The largest absolute Gasteiger partial charge is 0.369 e. The number of nitrogens with zero attached hydrogens (tertiary/aromatic N) is 3. The molecule has 1 aliphatic heterocycles. The van der Waals surface area contributed by atoms with Gasteiger partial charge in [0.15, 0.2) is 0 Å². The number of hydrogen-bond donors (Lipinski definition) is 1. The quantitative estimate of drug-likeness (QED) is 0.784. The molecule has 0 unspecified atom stereocenters. The average Bonchev–Trinajstić information content (AvgIpc) is 3.02. The van der Waals surface area contributed by atoms with Crippen molar-refractivity contribution in [1.82, 2.24) is 10.2 Å². The Morgan fingerprint density at radius 3 is 2.81 bits per heavy atom. The van der Waals surface area contributed by atoms with Gasteiger partial charge in [-0.1, -0.05) is 11.3 Å². The van der Waals surface area contributed by atoms with E-state index in [0.717, 1.165) is 17.7 Å². The third kappa shape index (κ3) is 4.63. The summed E-state index contributed by atoms with van der Waals surface area (Å²) in [4.78, 5) is 14.3. The topological polar surface area (TPSA) is 101 Å². The zero-order valence-electron chi connectivity index (χ0n) is 15.4. The summed E-state index contributed by atoms with van der Waals surface area (Å²) in [7, 11) is -3.76. The van der Waals surface area contributed by atoms with Gasteiger partial charge in [0.2, 0.25) is 5.13 Å². The molecule has 0 fully saturated rings. The Bertz CT molecular complexity index is 940. The minimum atomic E-state index is -3.76. The standard InChI is InChI=1S/C17H22N4O4S2/c1-11(2)25-10-16(22)21-8-4-5-13-9-14(6-7-15(13)21)27(23,24)20-17-19-18-12(3)26-17/h6-7,9,11H,4-5,8,10H2,1-3H3,(H,19,20). The maximum absolute atomic E-state index is 12.6. The number of carbonyl (C=O) groups is 1. The summed E-state index contributed by atoms with van der Waals surface area (Å²) in [5.74, 6) is -0.122. The lowest BCUT2D eigenvalue weighted by atomic mass is 10.0. The molecule has 1 N–H and O–H groups in total. The van der Waals surface area contributed by atoms with Crippen LogP contribution in [0.5, 0.6) is 0 Å². The molecule has 1 aromatic carbocycles. The molecule has 2 aromatic rings. The van der Waals surface area contributed by atoms with Gasteiger partial charge in [-0.25, -0.2) is 8.42 Å². The molecule has 2 heterocycles. The van der Waals surface area contributed by atoms with Crippen molar-refractivity contribution in [1.29, 1.82) is 0 Å². The van der Waals surface area contributed by atoms with Crippen molar-refractivity contribution in [3.8, 4) is 0 Å². The lowest BCUT2D eigenvalue weighted by Gasteiger charge is -2.30. The van der Waals surface area contributed by atoms with Crippen LogP contribution in [0.1, 0.15) is 30.8 Å². The first-order valence-electron chi connectivity index (χ1n) is 8.64. The highest BCUT2D eigenvalue weighted by Gasteiger charge is 2.25. The molecule has 0 bridgehead atoms. The number of fused-ring (bicyclic) bond motifs is 1. The second kappa shape index (κ2) is 7.91. The number of aryl methyl sites for hydroxylation is 2. The normalized spacial score (nSPS) is 14.3. The van der Waals surface area contributed by atoms with E-state index < -0.39 is 10.0 Å². The van der Waals surface area contributed by atoms with Gasteiger partial charge in [0, 0.05) is 12.2 Å². The Morgan fingerprint density at radius 1 is 1.37 bits per heavy atom. The van der Waals surface area contributed by atoms with Crippen LogP contribution in [0.4, 0.5) is 10.8 Å². The van der Waals surface area contributed by atoms with Gasteiger partial charge in [0.05, 0.1) is 11.0 Å². The van der Waals surface area contributed by atoms with Crippen LogP contribution in [0.15, 0.2) is 23.1 Å². The second-order valence-corrected chi connectivity index (χ2v) is 9.39. The van der Waals surface area contributed by atoms with Crippen molar-refractivity contribution in [2.24, 2.45) is 0 Å². The first kappa shape index (κ1) is 19.7. The van der Waals surface area contributed by atoms with E-state index in [-0.39, 0.29) is 28.6 Å². The van der Waals surface area contributed by atoms with E-state index in [0.29, 0.717) is 18.0 Å². The van der Waals surface area contributed by atoms with Gasteiger partial charge in [0.25, 0.3) is 15.9 Å². The third-order valence-electron chi connectivity index (χ3n) is 4.07. The van der Waals surface area contributed by atoms with E-state index in [1.165, 1.54) is 17.4 Å². The molecule has 1 amide bonds. The number of aromatic nitrogens is 2. The zero-order chi connectivity index (χ0) is 19.6. The number of hydrogen-bond acceptors (Lipinski definition) is 7. The van der Waals surface area contributed by atoms with Crippen LogP contribution in [0.3, 0.4) is 0 Å². The Labute approximate surface area is 162 Å². The number of sulfonamides is 1. The SMILES string of the molecule is Cc1nnc(NS(=O)(=O)c2ccc3c(c2)CCCN3C(=O)COC(C)C)s1. The molecular formula is C17H22N4O4S2. The van der Waals surface area contributed by atoms with E-state index in [1.54, 1.807) is 24.0 Å². The van der Waals surface area contributed by atoms with Crippen LogP contribution < -0.4 is 9.62 Å². The summed E-state index contributed by atoms with van der Waals surface area (Å²) in [6, 6.07) is 4.81. The minimum Gasteiger partial charge on any atom is -0.369 e. The molecule has 1 aliphatic rings. The van der Waals surface area contributed by atoms with Crippen LogP contribution >= 0.6 is 11.3 Å². The molecule has 8 nitrogen and oxygen atoms in total. The summed E-state index contributed by atoms with van der Waals surface area (Å²) in [5, 5.41) is 8.51. The van der Waals surface area contributed by atoms with E-state index in [1.807, 2.05) is 13.8 Å². The van der Waals surface area contributed by atoms with Crippen molar-refractivity contribution in [2.75, 3.05) is 22.8 Å². The molecule has 27 heavy (non-hydrogen) atoms. The van der Waals surface area contributed by atoms with E-state index in [2.05, 4.69) is 14.9 Å². The molecule has 0 saturated carbocycles. The molecule has 1 aromatic heterocycles. The van der Waals surface area contributed by atoms with E-state index >= 15 is 0 Å². The fourth-order valence-electron chi connectivity index (χ4n) is 2.83. The van der Waals surface area contributed by atoms with Gasteiger partial charge < -0.3 is 9.64 Å². The monoisotopic (exact) mass is 410 g/mol. The van der Waals surface area contributed by atoms with E-state index in [9.17, 15) is 13.2 Å². The summed E-state index contributed by atoms with van der Waals surface area (Å²) >= 11 is 1.17. The molecule has 0 atom stereocenters. The van der Waals surface area contributed by atoms with Crippen molar-refractivity contribution in [2.45, 2.75) is 44.6 Å². The summed E-state index contributed by atoms with van der Waals surface area (Å²) in [5.41, 5.74) is 1.57. The maximum atomic E-state index is 12.6. The summed E-state index contributed by atoms with van der Waals surface area (Å²) in [6.45, 7) is 6.11. The highest BCUT2D eigenvalue weighted by molar-refractivity contribution is 7.93. The molecule has 0 radical (unpaired) electrons. The second-order valence-electron chi connectivity index (χ2n) is 6.53. The third-order valence-corrected chi connectivity index (χ3v) is 6.29. The van der Waals surface area contributed by atoms with Crippen LogP contribution in [0.25, 0.3) is 0 Å². The van der Waals surface area contributed by atoms with Crippen LogP contribution in [-0.2, 0) is 26.0 Å². The Morgan fingerprint density at radius 2 is 2.15 bits per heavy atom. The fraction of sp³-hybridized carbons (Fsp3) is 0.471. The first-order chi connectivity index (χ1) is 12.8. The molecule has 3 rings (SSSR count). The number of amides is 1. The predicted octanol–water partition coefficient (Wildman–Crippen LogP) is 2.35. The van der Waals surface area contributed by atoms with Gasteiger partial charge in [0.1, 0.15) is 11.6 Å². The van der Waals surface area contributed by atoms with Crippen molar-refractivity contribution in [3.63, 3.8) is 0 Å². The Hall–Kier alpha value is -2.04. The van der Waals surface area contributed by atoms with Gasteiger partial charge in [-0.3, -0.25) is 9.52 Å². The van der Waals surface area contributed by atoms with Crippen LogP contribution in [0.2, 0.25) is 0 Å². The fourth-order valence-corrected chi connectivity index (χ4v) is 4.70. The van der Waals surface area contributed by atoms with Gasteiger partial charge >= 0.3 is 0 Å². The zero-order valence-corrected chi connectivity index (χ0v) is 17.1. The number of carbonyl (C=O) groups excluding carboxylic acids is 1.